The predicted octanol–water partition coefficient (Wildman–Crippen LogP) is 3.73. The van der Waals surface area contributed by atoms with Gasteiger partial charge < -0.3 is 5.32 Å². The molecule has 0 bridgehead atoms. The molecule has 0 saturated heterocycles. The summed E-state index contributed by atoms with van der Waals surface area (Å²) in [5.74, 6) is -0.228. The summed E-state index contributed by atoms with van der Waals surface area (Å²) in [6.07, 6.45) is 2.21. The van der Waals surface area contributed by atoms with E-state index in [1.165, 1.54) is 0 Å². The molecule has 0 spiro atoms. The fraction of sp³-hybridized carbons (Fsp3) is 0.333. The minimum atomic E-state index is -0.834. The molecule has 88 valence electrons. The highest BCUT2D eigenvalue weighted by Gasteiger charge is 2.44. The number of carbonyl (C=O) groups is 1. The van der Waals surface area contributed by atoms with Crippen molar-refractivity contribution in [2.24, 2.45) is 5.41 Å². The summed E-state index contributed by atoms with van der Waals surface area (Å²) in [6.45, 7) is 0. The number of hydrogen-bond acceptors (Lipinski definition) is 2. The van der Waals surface area contributed by atoms with E-state index >= 15 is 0 Å². The number of amides is 1. The van der Waals surface area contributed by atoms with E-state index in [4.69, 9.17) is 16.9 Å². The van der Waals surface area contributed by atoms with Crippen molar-refractivity contribution in [3.63, 3.8) is 0 Å². The standard InChI is InChI=1S/C12H10BrClN2O/c13-9-6-8(14)2-3-10(9)16-11(17)12(7-15)4-1-5-12/h2-3,6H,1,4-5H2,(H,16,17). The maximum atomic E-state index is 12.0. The van der Waals surface area contributed by atoms with Crippen LogP contribution in [0.1, 0.15) is 19.3 Å². The van der Waals surface area contributed by atoms with Crippen LogP contribution in [0.15, 0.2) is 22.7 Å². The Hall–Kier alpha value is -1.05. The Morgan fingerprint density at radius 2 is 2.24 bits per heavy atom. The normalized spacial score (nSPS) is 16.8. The van der Waals surface area contributed by atoms with Crippen LogP contribution >= 0.6 is 27.5 Å². The number of rotatable bonds is 2. The Morgan fingerprint density at radius 3 is 2.71 bits per heavy atom. The number of benzene rings is 1. The lowest BCUT2D eigenvalue weighted by Gasteiger charge is -2.33. The van der Waals surface area contributed by atoms with Gasteiger partial charge in [0.25, 0.3) is 0 Å². The van der Waals surface area contributed by atoms with Crippen LogP contribution in [0.3, 0.4) is 0 Å². The highest BCUT2D eigenvalue weighted by atomic mass is 79.9. The van der Waals surface area contributed by atoms with Gasteiger partial charge in [-0.3, -0.25) is 4.79 Å². The molecule has 1 amide bonds. The highest BCUT2D eigenvalue weighted by molar-refractivity contribution is 9.10. The summed E-state index contributed by atoms with van der Waals surface area (Å²) >= 11 is 9.14. The van der Waals surface area contributed by atoms with Gasteiger partial charge in [0.2, 0.25) is 5.91 Å². The molecule has 0 aliphatic heterocycles. The fourth-order valence-corrected chi connectivity index (χ4v) is 2.53. The lowest BCUT2D eigenvalue weighted by atomic mass is 9.69. The molecular formula is C12H10BrClN2O. The molecule has 1 aliphatic rings. The van der Waals surface area contributed by atoms with Gasteiger partial charge in [-0.25, -0.2) is 0 Å². The lowest BCUT2D eigenvalue weighted by molar-refractivity contribution is -0.126. The van der Waals surface area contributed by atoms with Crippen LogP contribution in [0.4, 0.5) is 5.69 Å². The molecule has 5 heteroatoms. The topological polar surface area (TPSA) is 52.9 Å². The Morgan fingerprint density at radius 1 is 1.53 bits per heavy atom. The van der Waals surface area contributed by atoms with Crippen molar-refractivity contribution in [3.05, 3.63) is 27.7 Å². The number of carbonyl (C=O) groups excluding carboxylic acids is 1. The number of nitriles is 1. The van der Waals surface area contributed by atoms with Gasteiger partial charge in [-0.05, 0) is 53.4 Å². The molecule has 2 rings (SSSR count). The SMILES string of the molecule is N#CC1(C(=O)Nc2ccc(Cl)cc2Br)CCC1. The van der Waals surface area contributed by atoms with E-state index in [1.807, 2.05) is 0 Å². The third-order valence-corrected chi connectivity index (χ3v) is 3.93. The maximum absolute atomic E-state index is 12.0. The maximum Gasteiger partial charge on any atom is 0.244 e. The van der Waals surface area contributed by atoms with Crippen molar-refractivity contribution in [1.82, 2.24) is 0 Å². The van der Waals surface area contributed by atoms with E-state index in [0.717, 1.165) is 6.42 Å². The van der Waals surface area contributed by atoms with Gasteiger partial charge in [0.1, 0.15) is 5.41 Å². The third-order valence-electron chi connectivity index (χ3n) is 3.04. The summed E-state index contributed by atoms with van der Waals surface area (Å²) < 4.78 is 0.714. The summed E-state index contributed by atoms with van der Waals surface area (Å²) in [5, 5.41) is 12.4. The molecule has 1 fully saturated rings. The van der Waals surface area contributed by atoms with Crippen molar-refractivity contribution >= 4 is 39.1 Å². The second-order valence-electron chi connectivity index (χ2n) is 4.13. The van der Waals surface area contributed by atoms with Crippen molar-refractivity contribution in [1.29, 1.82) is 5.26 Å². The molecule has 0 unspecified atom stereocenters. The number of nitrogens with one attached hydrogen (secondary N) is 1. The Labute approximate surface area is 113 Å². The van der Waals surface area contributed by atoms with Gasteiger partial charge in [-0.1, -0.05) is 11.6 Å². The van der Waals surface area contributed by atoms with Crippen LogP contribution in [0.5, 0.6) is 0 Å². The van der Waals surface area contributed by atoms with Crippen LogP contribution in [0.2, 0.25) is 5.02 Å². The van der Waals surface area contributed by atoms with Crippen molar-refractivity contribution in [3.8, 4) is 6.07 Å². The van der Waals surface area contributed by atoms with Gasteiger partial charge in [0.15, 0.2) is 0 Å². The quantitative estimate of drug-likeness (QED) is 0.904. The molecule has 0 aromatic heterocycles. The molecular weight excluding hydrogens is 304 g/mol. The molecule has 0 atom stereocenters. The summed E-state index contributed by atoms with van der Waals surface area (Å²) in [6, 6.07) is 7.23. The first-order chi connectivity index (χ1) is 8.07. The van der Waals surface area contributed by atoms with E-state index < -0.39 is 5.41 Å². The fourth-order valence-electron chi connectivity index (χ4n) is 1.75. The average Bonchev–Trinajstić information content (AvgIpc) is 2.21. The number of nitrogens with zero attached hydrogens (tertiary/aromatic N) is 1. The van der Waals surface area contributed by atoms with Gasteiger partial charge in [0.05, 0.1) is 11.8 Å². The van der Waals surface area contributed by atoms with Crippen LogP contribution in [-0.2, 0) is 4.79 Å². The molecule has 0 heterocycles. The second-order valence-corrected chi connectivity index (χ2v) is 5.42. The second kappa shape index (κ2) is 4.67. The molecule has 17 heavy (non-hydrogen) atoms. The summed E-state index contributed by atoms with van der Waals surface area (Å²) in [7, 11) is 0. The van der Waals surface area contributed by atoms with Gasteiger partial charge >= 0.3 is 0 Å². The number of anilines is 1. The summed E-state index contributed by atoms with van der Waals surface area (Å²) in [5.41, 5.74) is -0.195. The van der Waals surface area contributed by atoms with Crippen LogP contribution in [-0.4, -0.2) is 5.91 Å². The zero-order valence-electron chi connectivity index (χ0n) is 8.96. The highest BCUT2D eigenvalue weighted by Crippen LogP contribution is 2.41. The van der Waals surface area contributed by atoms with Crippen LogP contribution in [0, 0.1) is 16.7 Å². The van der Waals surface area contributed by atoms with E-state index in [1.54, 1.807) is 18.2 Å². The minimum absolute atomic E-state index is 0.228. The first-order valence-corrected chi connectivity index (χ1v) is 6.42. The van der Waals surface area contributed by atoms with Gasteiger partial charge in [-0.15, -0.1) is 0 Å². The number of halogens is 2. The lowest BCUT2D eigenvalue weighted by Crippen LogP contribution is -2.40. The summed E-state index contributed by atoms with van der Waals surface area (Å²) in [4.78, 5) is 12.0. The van der Waals surface area contributed by atoms with E-state index in [9.17, 15) is 4.79 Å². The zero-order valence-corrected chi connectivity index (χ0v) is 11.3. The molecule has 3 nitrogen and oxygen atoms in total. The molecule has 1 aliphatic carbocycles. The zero-order chi connectivity index (χ0) is 12.5. The molecule has 1 saturated carbocycles. The van der Waals surface area contributed by atoms with Crippen molar-refractivity contribution in [2.75, 3.05) is 5.32 Å². The van der Waals surface area contributed by atoms with Crippen molar-refractivity contribution < 1.29 is 4.79 Å². The first kappa shape index (κ1) is 12.4. The van der Waals surface area contributed by atoms with Crippen LogP contribution < -0.4 is 5.32 Å². The Bertz CT molecular complexity index is 506. The first-order valence-electron chi connectivity index (χ1n) is 5.25. The van der Waals surface area contributed by atoms with Crippen molar-refractivity contribution in [2.45, 2.75) is 19.3 Å². The predicted molar refractivity (Wildman–Crippen MR) is 69.7 cm³/mol. The molecule has 1 N–H and O–H groups in total. The van der Waals surface area contributed by atoms with Crippen LogP contribution in [0.25, 0.3) is 0 Å². The smallest absolute Gasteiger partial charge is 0.244 e. The largest absolute Gasteiger partial charge is 0.324 e. The third kappa shape index (κ3) is 2.31. The molecule has 1 aromatic rings. The van der Waals surface area contributed by atoms with E-state index in [0.29, 0.717) is 28.0 Å². The Kier molecular flexibility index (Phi) is 3.41. The Balaban J connectivity index is 2.16. The molecule has 0 radical (unpaired) electrons. The van der Waals surface area contributed by atoms with E-state index in [-0.39, 0.29) is 5.91 Å². The van der Waals surface area contributed by atoms with Gasteiger partial charge in [0, 0.05) is 9.50 Å². The average molecular weight is 314 g/mol. The molecule has 1 aromatic carbocycles. The van der Waals surface area contributed by atoms with E-state index in [2.05, 4.69) is 27.3 Å². The van der Waals surface area contributed by atoms with Gasteiger partial charge in [-0.2, -0.15) is 5.26 Å². The number of hydrogen-bond donors (Lipinski definition) is 1. The monoisotopic (exact) mass is 312 g/mol. The minimum Gasteiger partial charge on any atom is -0.324 e.